The van der Waals surface area contributed by atoms with E-state index in [9.17, 15) is 4.79 Å². The van der Waals surface area contributed by atoms with Gasteiger partial charge in [-0.05, 0) is 43.9 Å². The minimum atomic E-state index is -0.289. The van der Waals surface area contributed by atoms with Crippen LogP contribution in [0, 0.1) is 0 Å². The Labute approximate surface area is 132 Å². The van der Waals surface area contributed by atoms with Gasteiger partial charge in [-0.1, -0.05) is 43.0 Å². The lowest BCUT2D eigenvalue weighted by atomic mass is 9.80. The third-order valence-corrected chi connectivity index (χ3v) is 4.48. The molecule has 1 atom stereocenters. The van der Waals surface area contributed by atoms with E-state index < -0.39 is 0 Å². The summed E-state index contributed by atoms with van der Waals surface area (Å²) in [6.45, 7) is 2.02. The van der Waals surface area contributed by atoms with Crippen LogP contribution in [0.1, 0.15) is 51.0 Å². The molecule has 1 saturated carbocycles. The molecule has 1 aromatic carbocycles. The molecular formula is C17H25ClN2O. The van der Waals surface area contributed by atoms with Crippen LogP contribution >= 0.6 is 11.6 Å². The monoisotopic (exact) mass is 308 g/mol. The van der Waals surface area contributed by atoms with E-state index in [0.717, 1.165) is 37.1 Å². The molecule has 21 heavy (non-hydrogen) atoms. The lowest BCUT2D eigenvalue weighted by Gasteiger charge is -2.33. The first kappa shape index (κ1) is 16.3. The fraction of sp³-hybridized carbons (Fsp3) is 0.588. The number of hydrogen-bond donors (Lipinski definition) is 2. The average Bonchev–Trinajstić information content (AvgIpc) is 2.41. The predicted octanol–water partition coefficient (Wildman–Crippen LogP) is 3.44. The lowest BCUT2D eigenvalue weighted by molar-refractivity contribution is -0.123. The Morgan fingerprint density at radius 3 is 2.52 bits per heavy atom. The molecule has 0 bridgehead atoms. The Balaban J connectivity index is 1.80. The van der Waals surface area contributed by atoms with Crippen molar-refractivity contribution in [2.45, 2.75) is 63.5 Å². The molecule has 1 fully saturated rings. The molecule has 0 radical (unpaired) electrons. The summed E-state index contributed by atoms with van der Waals surface area (Å²) in [5, 5.41) is 3.80. The topological polar surface area (TPSA) is 55.1 Å². The maximum Gasteiger partial charge on any atom is 0.222 e. The van der Waals surface area contributed by atoms with Crippen LogP contribution in [-0.4, -0.2) is 17.5 Å². The molecule has 116 valence electrons. The normalized spacial score (nSPS) is 19.0. The second-order valence-electron chi connectivity index (χ2n) is 6.40. The van der Waals surface area contributed by atoms with Crippen LogP contribution < -0.4 is 11.1 Å². The van der Waals surface area contributed by atoms with Gasteiger partial charge < -0.3 is 11.1 Å². The fourth-order valence-corrected chi connectivity index (χ4v) is 3.23. The van der Waals surface area contributed by atoms with Crippen LogP contribution in [0.2, 0.25) is 5.02 Å². The summed E-state index contributed by atoms with van der Waals surface area (Å²) in [7, 11) is 0. The maximum absolute atomic E-state index is 12.2. The molecule has 0 heterocycles. The van der Waals surface area contributed by atoms with Crippen molar-refractivity contribution < 1.29 is 4.79 Å². The van der Waals surface area contributed by atoms with Gasteiger partial charge in [-0.3, -0.25) is 4.79 Å². The second-order valence-corrected chi connectivity index (χ2v) is 6.84. The smallest absolute Gasteiger partial charge is 0.222 e. The lowest BCUT2D eigenvalue weighted by Crippen LogP contribution is -2.47. The summed E-state index contributed by atoms with van der Waals surface area (Å²) in [4.78, 5) is 12.2. The molecule has 3 nitrogen and oxygen atoms in total. The van der Waals surface area contributed by atoms with Gasteiger partial charge in [-0.25, -0.2) is 0 Å². The number of nitrogens with two attached hydrogens (primary N) is 1. The number of carbonyl (C=O) groups is 1. The molecule has 1 aliphatic rings. The summed E-state index contributed by atoms with van der Waals surface area (Å²) < 4.78 is 0. The highest BCUT2D eigenvalue weighted by Crippen LogP contribution is 2.28. The minimum Gasteiger partial charge on any atom is -0.353 e. The summed E-state index contributed by atoms with van der Waals surface area (Å²) >= 11 is 5.87. The van der Waals surface area contributed by atoms with E-state index in [1.807, 2.05) is 31.2 Å². The van der Waals surface area contributed by atoms with E-state index >= 15 is 0 Å². The summed E-state index contributed by atoms with van der Waals surface area (Å²) in [6, 6.07) is 7.85. The van der Waals surface area contributed by atoms with Gasteiger partial charge in [0, 0.05) is 23.0 Å². The molecule has 2 rings (SSSR count). The van der Waals surface area contributed by atoms with Crippen molar-refractivity contribution >= 4 is 17.5 Å². The van der Waals surface area contributed by atoms with Crippen LogP contribution in [0.15, 0.2) is 24.3 Å². The number of benzene rings is 1. The van der Waals surface area contributed by atoms with Gasteiger partial charge >= 0.3 is 0 Å². The molecule has 1 aromatic rings. The zero-order chi connectivity index (χ0) is 15.3. The summed E-state index contributed by atoms with van der Waals surface area (Å²) in [5.41, 5.74) is 7.21. The number of nitrogens with one attached hydrogen (secondary N) is 1. The maximum atomic E-state index is 12.2. The molecule has 1 unspecified atom stereocenters. The second kappa shape index (κ2) is 7.28. The Bertz CT molecular complexity index is 466. The van der Waals surface area contributed by atoms with Gasteiger partial charge in [-0.2, -0.15) is 0 Å². The zero-order valence-corrected chi connectivity index (χ0v) is 13.5. The number of amides is 1. The molecule has 0 aliphatic heterocycles. The molecule has 0 aromatic heterocycles. The van der Waals surface area contributed by atoms with E-state index in [1.54, 1.807) is 0 Å². The van der Waals surface area contributed by atoms with E-state index in [1.165, 1.54) is 12.0 Å². The number of halogens is 1. The van der Waals surface area contributed by atoms with E-state index in [0.29, 0.717) is 6.42 Å². The van der Waals surface area contributed by atoms with Crippen molar-refractivity contribution in [1.29, 1.82) is 0 Å². The molecule has 0 saturated heterocycles. The van der Waals surface area contributed by atoms with E-state index in [2.05, 4.69) is 5.32 Å². The van der Waals surface area contributed by atoms with Crippen molar-refractivity contribution in [3.63, 3.8) is 0 Å². The zero-order valence-electron chi connectivity index (χ0n) is 12.7. The van der Waals surface area contributed by atoms with Crippen molar-refractivity contribution in [2.24, 2.45) is 5.73 Å². The van der Waals surface area contributed by atoms with Gasteiger partial charge in [0.15, 0.2) is 0 Å². The van der Waals surface area contributed by atoms with E-state index in [4.69, 9.17) is 17.3 Å². The number of carbonyl (C=O) groups excluding carboxylic acids is 1. The largest absolute Gasteiger partial charge is 0.353 e. The Hall–Kier alpha value is -1.06. The van der Waals surface area contributed by atoms with Crippen LogP contribution in [0.3, 0.4) is 0 Å². The van der Waals surface area contributed by atoms with Gasteiger partial charge in [0.1, 0.15) is 0 Å². The van der Waals surface area contributed by atoms with Gasteiger partial charge in [-0.15, -0.1) is 0 Å². The van der Waals surface area contributed by atoms with Gasteiger partial charge in [0.2, 0.25) is 5.91 Å². The summed E-state index contributed by atoms with van der Waals surface area (Å²) in [5.74, 6) is 0.0702. The Morgan fingerprint density at radius 1 is 1.29 bits per heavy atom. The van der Waals surface area contributed by atoms with Crippen LogP contribution in [0.25, 0.3) is 0 Å². The first-order valence-corrected chi connectivity index (χ1v) is 8.17. The van der Waals surface area contributed by atoms with Crippen molar-refractivity contribution in [3.8, 4) is 0 Å². The van der Waals surface area contributed by atoms with Gasteiger partial charge in [0.05, 0.1) is 0 Å². The highest BCUT2D eigenvalue weighted by molar-refractivity contribution is 6.30. The third kappa shape index (κ3) is 5.33. The quantitative estimate of drug-likeness (QED) is 0.875. The first-order valence-electron chi connectivity index (χ1n) is 7.80. The van der Waals surface area contributed by atoms with Gasteiger partial charge in [0.25, 0.3) is 0 Å². The molecule has 4 heteroatoms. The van der Waals surface area contributed by atoms with Crippen molar-refractivity contribution in [3.05, 3.63) is 34.9 Å². The highest BCUT2D eigenvalue weighted by Gasteiger charge is 2.30. The van der Waals surface area contributed by atoms with Crippen LogP contribution in [0.4, 0.5) is 0 Å². The van der Waals surface area contributed by atoms with Crippen molar-refractivity contribution in [2.75, 3.05) is 0 Å². The SMILES string of the molecule is CC(Cc1ccc(Cl)cc1)NC(=O)CC1(N)CCCCC1. The molecule has 1 amide bonds. The number of hydrogen-bond acceptors (Lipinski definition) is 2. The van der Waals surface area contributed by atoms with E-state index in [-0.39, 0.29) is 17.5 Å². The molecule has 0 spiro atoms. The predicted molar refractivity (Wildman–Crippen MR) is 87.4 cm³/mol. The summed E-state index contributed by atoms with van der Waals surface area (Å²) in [6.07, 6.45) is 6.71. The molecular weight excluding hydrogens is 284 g/mol. The fourth-order valence-electron chi connectivity index (χ4n) is 3.10. The Morgan fingerprint density at radius 2 is 1.90 bits per heavy atom. The number of rotatable bonds is 5. The van der Waals surface area contributed by atoms with Crippen molar-refractivity contribution in [1.82, 2.24) is 5.32 Å². The minimum absolute atomic E-state index is 0.0702. The van der Waals surface area contributed by atoms with Crippen LogP contribution in [0.5, 0.6) is 0 Å². The molecule has 3 N–H and O–H groups in total. The molecule has 1 aliphatic carbocycles. The highest BCUT2D eigenvalue weighted by atomic mass is 35.5. The standard InChI is InChI=1S/C17H25ClN2O/c1-13(11-14-5-7-15(18)8-6-14)20-16(21)12-17(19)9-3-2-4-10-17/h5-8,13H,2-4,9-12,19H2,1H3,(H,20,21). The first-order chi connectivity index (χ1) is 9.97. The Kier molecular flexibility index (Phi) is 5.65. The average molecular weight is 309 g/mol. The third-order valence-electron chi connectivity index (χ3n) is 4.22. The van der Waals surface area contributed by atoms with Crippen LogP contribution in [-0.2, 0) is 11.2 Å².